The maximum absolute atomic E-state index is 14.9. The summed E-state index contributed by atoms with van der Waals surface area (Å²) in [5.41, 5.74) is 4.33. The number of aliphatic hydroxyl groups excluding tert-OH is 1. The van der Waals surface area contributed by atoms with Crippen molar-refractivity contribution in [1.82, 2.24) is 9.80 Å². The third kappa shape index (κ3) is 19.3. The summed E-state index contributed by atoms with van der Waals surface area (Å²) >= 11 is 6.01. The van der Waals surface area contributed by atoms with E-state index in [1.165, 1.54) is 149 Å². The molecule has 22 aliphatic carbocycles. The number of amides is 2. The number of fused-ring (bicyclic) bond motifs is 3. The number of nitrogens with zero attached hydrogens (tertiary/aromatic N) is 2. The molecule has 2 amide bonds. The maximum atomic E-state index is 14.9. The van der Waals surface area contributed by atoms with Crippen LogP contribution in [-0.4, -0.2) is 146 Å². The van der Waals surface area contributed by atoms with E-state index in [0.717, 1.165) is 148 Å². The molecule has 30 rings (SSSR count). The van der Waals surface area contributed by atoms with Gasteiger partial charge in [-0.05, 0) is 403 Å². The fraction of sp³-hybridized carbons (Fsp3) is 0.645. The Morgan fingerprint density at radius 1 is 0.392 bits per heavy atom. The van der Waals surface area contributed by atoms with E-state index in [4.69, 9.17) is 21.1 Å². The third-order valence-corrected chi connectivity index (χ3v) is 43.0. The van der Waals surface area contributed by atoms with Gasteiger partial charge in [0.1, 0.15) is 23.1 Å². The number of ether oxygens (including phenoxy) is 2. The molecular weight excluding hydrogens is 1830 g/mol. The van der Waals surface area contributed by atoms with E-state index < -0.39 is 46.3 Å². The third-order valence-electron chi connectivity index (χ3n) is 42.8. The van der Waals surface area contributed by atoms with Crippen LogP contribution in [0.15, 0.2) is 158 Å². The Labute approximate surface area is 846 Å². The fourth-order valence-electron chi connectivity index (χ4n) is 37.8. The number of halogens is 5. The number of β-amino-alcohol motifs (C(OH)–C–C–N with tert-alkyl or cyclic N) is 1. The van der Waals surface area contributed by atoms with Crippen molar-refractivity contribution >= 4 is 53.3 Å². The van der Waals surface area contributed by atoms with Gasteiger partial charge in [0.2, 0.25) is 11.8 Å². The molecule has 9 unspecified atom stereocenters. The van der Waals surface area contributed by atoms with E-state index in [2.05, 4.69) is 80.6 Å². The minimum absolute atomic E-state index is 0.0142. The molecule has 770 valence electrons. The number of hydrogen-bond donors (Lipinski definition) is 6. The van der Waals surface area contributed by atoms with Gasteiger partial charge in [-0.2, -0.15) is 0 Å². The zero-order valence-corrected chi connectivity index (χ0v) is 84.8. The lowest BCUT2D eigenvalue weighted by Crippen LogP contribution is -2.64. The van der Waals surface area contributed by atoms with Gasteiger partial charge in [-0.3, -0.25) is 33.6 Å². The van der Waals surface area contributed by atoms with Crippen molar-refractivity contribution in [3.63, 3.8) is 0 Å². The summed E-state index contributed by atoms with van der Waals surface area (Å²) < 4.78 is 66.7. The number of hydrogen-bond acceptors (Lipinski definition) is 10. The van der Waals surface area contributed by atoms with Crippen molar-refractivity contribution in [3.05, 3.63) is 214 Å². The molecule has 22 saturated carbocycles. The number of carbonyl (C=O) groups is 7. The van der Waals surface area contributed by atoms with Gasteiger partial charge in [-0.15, -0.1) is 0 Å². The second kappa shape index (κ2) is 40.2. The number of morpholine rings is 1. The van der Waals surface area contributed by atoms with E-state index in [0.29, 0.717) is 136 Å². The van der Waals surface area contributed by atoms with Crippen LogP contribution in [0.1, 0.15) is 285 Å². The monoisotopic (exact) mass is 1980 g/mol. The van der Waals surface area contributed by atoms with Crippen molar-refractivity contribution in [3.8, 4) is 0 Å². The molecule has 143 heavy (non-hydrogen) atoms. The van der Waals surface area contributed by atoms with Gasteiger partial charge in [-0.25, -0.2) is 17.6 Å². The summed E-state index contributed by atoms with van der Waals surface area (Å²) in [6.45, 7) is 8.34. The molecule has 22 heteroatoms. The zero-order chi connectivity index (χ0) is 100. The number of methoxy groups -OCH3 is 1. The van der Waals surface area contributed by atoms with Crippen LogP contribution in [0, 0.1) is 152 Å². The van der Waals surface area contributed by atoms with Gasteiger partial charge in [0.25, 0.3) is 0 Å². The average molecular weight is 1980 g/mol. The molecule has 2 aliphatic heterocycles. The van der Waals surface area contributed by atoms with Crippen LogP contribution in [0.2, 0.25) is 5.02 Å². The van der Waals surface area contributed by atoms with Gasteiger partial charge in [0.15, 0.2) is 0 Å². The Morgan fingerprint density at radius 2 is 0.769 bits per heavy atom. The van der Waals surface area contributed by atoms with Crippen LogP contribution in [0.3, 0.4) is 0 Å². The smallest absolute Gasteiger partial charge is 0.304 e. The van der Waals surface area contributed by atoms with E-state index in [9.17, 15) is 81.8 Å². The summed E-state index contributed by atoms with van der Waals surface area (Å²) in [6, 6.07) is 48.6. The topological polar surface area (TPSA) is 266 Å². The number of rotatable bonds is 22. The molecule has 0 aromatic heterocycles. The molecule has 22 bridgehead atoms. The first-order valence-corrected chi connectivity index (χ1v) is 55.1. The van der Waals surface area contributed by atoms with Crippen molar-refractivity contribution in [2.45, 2.75) is 303 Å². The number of carboxylic acid groups (broad SMARTS) is 5. The van der Waals surface area contributed by atoms with Gasteiger partial charge in [0, 0.05) is 66.4 Å². The second-order valence-electron chi connectivity index (χ2n) is 50.2. The Bertz CT molecular complexity index is 5360. The van der Waals surface area contributed by atoms with Crippen molar-refractivity contribution in [1.29, 1.82) is 0 Å². The Kier molecular flexibility index (Phi) is 28.6. The lowest BCUT2D eigenvalue weighted by molar-refractivity contribution is -0.174. The normalized spacial score (nSPS) is 39.7. The van der Waals surface area contributed by atoms with E-state index in [-0.39, 0.29) is 117 Å². The molecule has 11 atom stereocenters. The molecule has 2 saturated heterocycles. The lowest BCUT2D eigenvalue weighted by Gasteiger charge is -2.65. The highest BCUT2D eigenvalue weighted by Crippen LogP contribution is 2.74. The van der Waals surface area contributed by atoms with Crippen LogP contribution in [-0.2, 0) is 77.5 Å². The molecule has 0 spiro atoms. The minimum Gasteiger partial charge on any atom is -0.481 e. The maximum Gasteiger partial charge on any atom is 0.304 e. The molecular formula is C121H151ClF4N2O15. The first kappa shape index (κ1) is 102. The molecule has 6 aromatic carbocycles. The number of aliphatic hydroxyl groups is 1. The number of carbonyl (C=O) groups excluding carboxylic acids is 2. The number of carboxylic acids is 5. The average Bonchev–Trinajstić information content (AvgIpc) is 1.07. The number of likely N-dealkylation sites (tertiary alicyclic amines) is 1. The number of benzene rings is 6. The highest BCUT2D eigenvalue weighted by Gasteiger charge is 2.69. The second-order valence-corrected chi connectivity index (χ2v) is 50.6. The predicted molar refractivity (Wildman–Crippen MR) is 538 cm³/mol. The standard InChI is InChI=1S/C24H33NO3.C23H28FNO4.C20H26O2.C19H23FO2.C18H20F2O2.C17H21ClO2/c1-28-23-10-18-7-8-19(12-23)24(20(9-18)13-23,11-17-5-3-2-4-6-17)14-22(27)25-15-21(26)16-25;24-19-3-1-16(2-4-19)23(14-20(26)27)17-9-15-10-18(23)13-22(11-15,12-17)21(28)25-5-7-29-8-6-25;1-13-15-7-17-9-16(13)10-18(8-15)20(17,12-19(21)22)11-14-5-3-2-4-6-14;1-18-8-12-6-14(9-18)19(11-17(21)22,15(7-12)10-18)13-2-4-16(20)5-3-13;19-15-3-1-12(2-4-15)18(10-16(21)22)13-5-11-6-14(18)9-17(20,7-11)8-13;18-15-9-7-14(8-10-15)17(11-16(19)20)12-3-1-4-13(17)6-2-5-12/h2-6,18-21,26H,7-16H2,1H3;1-4,15,17-18H,5-14H2,(H,26,27);2-6,13,15-18H,7-12H2,1H3,(H,21,22);2-5,12,14-15H,6-11H2,1H3,(H,21,22);1-4,11,13-14H,5-10H2,(H,21,22);7-10,12-13H,1-6,11H2,(H,19,20)/t18?,19?,20?,23-,24-;;;;;/m1...../s1. The summed E-state index contributed by atoms with van der Waals surface area (Å²) in [7, 11) is 1.90. The number of aliphatic carboxylic acids is 5. The Morgan fingerprint density at radius 3 is 1.17 bits per heavy atom. The van der Waals surface area contributed by atoms with E-state index >= 15 is 0 Å². The SMILES string of the molecule is CC12CC3CC(C1)C(CC(=O)O)(c1ccc(F)cc1)C(C3)C2.CC1C2CC3CC1CC(C2)C3(CC(=O)O)Cc1ccccc1.CO[C@]12CC3CCC(C1)[C@](CC(=O)N1CC(O)C1)(Cc1ccccc1)C(C3)C2.O=C(O)CC1(c2ccc(Cl)cc2)C2CCCC1CCC2.O=C(O)CC1(c2ccc(F)cc2)C2CC3CC1CC(C(=O)N1CCOCC1)(C3)C2.O=C(O)CC1(c2ccc(F)cc2)C2CC3CC1CC(F)(C3)C2. The van der Waals surface area contributed by atoms with E-state index in [1.807, 2.05) is 47.2 Å². The molecule has 6 N–H and O–H groups in total. The molecule has 0 radical (unpaired) electrons. The molecule has 24 aliphatic rings. The zero-order valence-electron chi connectivity index (χ0n) is 84.0. The molecule has 2 heterocycles. The van der Waals surface area contributed by atoms with Crippen LogP contribution in [0.25, 0.3) is 0 Å². The summed E-state index contributed by atoms with van der Waals surface area (Å²) in [4.78, 5) is 88.9. The van der Waals surface area contributed by atoms with Gasteiger partial charge in [-0.1, -0.05) is 154 Å². The molecule has 17 nitrogen and oxygen atoms in total. The van der Waals surface area contributed by atoms with Gasteiger partial charge >= 0.3 is 29.8 Å². The largest absolute Gasteiger partial charge is 0.481 e. The quantitative estimate of drug-likeness (QED) is 0.0345. The lowest BCUT2D eigenvalue weighted by atomic mass is 9.39. The van der Waals surface area contributed by atoms with Crippen molar-refractivity contribution in [2.75, 3.05) is 46.5 Å². The van der Waals surface area contributed by atoms with Crippen molar-refractivity contribution in [2.24, 2.45) is 134 Å². The minimum atomic E-state index is -1.10. The summed E-state index contributed by atoms with van der Waals surface area (Å²) in [5, 5.41) is 58.3. The highest BCUT2D eigenvalue weighted by atomic mass is 35.5. The predicted octanol–water partition coefficient (Wildman–Crippen LogP) is 24.2. The van der Waals surface area contributed by atoms with Crippen LogP contribution in [0.4, 0.5) is 17.6 Å². The number of alkyl halides is 1. The summed E-state index contributed by atoms with van der Waals surface area (Å²) in [5.74, 6) is 5.69. The van der Waals surface area contributed by atoms with Crippen molar-refractivity contribution < 1.29 is 91.2 Å². The highest BCUT2D eigenvalue weighted by molar-refractivity contribution is 6.30. The molecule has 6 aromatic rings. The van der Waals surface area contributed by atoms with E-state index in [1.54, 1.807) is 24.3 Å². The van der Waals surface area contributed by atoms with Crippen LogP contribution >= 0.6 is 11.6 Å². The Hall–Kier alpha value is -8.50. The molecule has 24 fully saturated rings. The Balaban J connectivity index is 0.000000105. The van der Waals surface area contributed by atoms with Crippen LogP contribution < -0.4 is 0 Å². The fourth-order valence-corrected chi connectivity index (χ4v) is 37.9. The van der Waals surface area contributed by atoms with Crippen LogP contribution in [0.5, 0.6) is 0 Å². The van der Waals surface area contributed by atoms with Gasteiger partial charge in [0.05, 0.1) is 62.4 Å². The first-order valence-electron chi connectivity index (χ1n) is 54.8. The van der Waals surface area contributed by atoms with Gasteiger partial charge < -0.3 is 49.9 Å². The first-order chi connectivity index (χ1) is 68.5. The summed E-state index contributed by atoms with van der Waals surface area (Å²) in [6.07, 6.45) is 36.3.